The van der Waals surface area contributed by atoms with E-state index >= 15 is 0 Å². The Morgan fingerprint density at radius 3 is 0.667 bits per heavy atom. The van der Waals surface area contributed by atoms with Crippen LogP contribution in [0.4, 0.5) is 87.8 Å². The summed E-state index contributed by atoms with van der Waals surface area (Å²) >= 11 is 0. The Morgan fingerprint density at radius 2 is 0.500 bits per heavy atom. The van der Waals surface area contributed by atoms with E-state index in [1.54, 1.807) is 0 Å². The minimum absolute atomic E-state index is 8.24. The summed E-state index contributed by atoms with van der Waals surface area (Å²) in [6.07, 6.45) is -16.5. The summed E-state index contributed by atoms with van der Waals surface area (Å²) in [4.78, 5) is 0. The maximum Gasteiger partial charge on any atom is 0.457 e. The van der Waals surface area contributed by atoms with Crippen LogP contribution in [-0.4, -0.2) is 59.2 Å². The molecular formula is C10F20. The smallest absolute Gasteiger partial charge is 0.223 e. The van der Waals surface area contributed by atoms with E-state index in [9.17, 15) is 87.8 Å². The molecule has 0 saturated heterocycles. The molecule has 0 radical (unpaired) electrons. The standard InChI is InChI=1S/C10F20/c11-1(6(19,20)9(25,26)27)3(13,14)2(12,7(21,22)10(28,29)30)5(17,18)8(23,24)4(1,15)16/t1-,2-/m0/s1. The monoisotopic (exact) mass is 500 g/mol. The molecule has 0 N–H and O–H groups in total. The number of alkyl halides is 20. The molecule has 0 aliphatic heterocycles. The molecule has 0 aromatic heterocycles. The van der Waals surface area contributed by atoms with Gasteiger partial charge in [-0.05, 0) is 0 Å². The van der Waals surface area contributed by atoms with Crippen molar-refractivity contribution in [3.05, 3.63) is 0 Å². The molecule has 0 spiro atoms. The van der Waals surface area contributed by atoms with E-state index in [1.807, 2.05) is 0 Å². The van der Waals surface area contributed by atoms with Crippen molar-refractivity contribution in [2.75, 3.05) is 0 Å². The van der Waals surface area contributed by atoms with E-state index in [2.05, 4.69) is 0 Å². The average molecular weight is 500 g/mol. The summed E-state index contributed by atoms with van der Waals surface area (Å²) in [6, 6.07) is 0. The van der Waals surface area contributed by atoms with Crippen LogP contribution in [0.5, 0.6) is 0 Å². The van der Waals surface area contributed by atoms with Gasteiger partial charge in [-0.15, -0.1) is 0 Å². The van der Waals surface area contributed by atoms with Gasteiger partial charge in [-0.3, -0.25) is 0 Å². The van der Waals surface area contributed by atoms with E-state index in [4.69, 9.17) is 0 Å². The van der Waals surface area contributed by atoms with Gasteiger partial charge in [-0.2, -0.15) is 79.0 Å². The molecular weight excluding hydrogens is 500 g/mol. The first-order valence-electron chi connectivity index (χ1n) is 6.28. The van der Waals surface area contributed by atoms with Crippen molar-refractivity contribution < 1.29 is 87.8 Å². The quantitative estimate of drug-likeness (QED) is 0.388. The lowest BCUT2D eigenvalue weighted by Crippen LogP contribution is -2.92. The van der Waals surface area contributed by atoms with Crippen LogP contribution in [0.15, 0.2) is 0 Å². The molecule has 0 amide bonds. The summed E-state index contributed by atoms with van der Waals surface area (Å²) in [5.74, 6) is -53.0. The van der Waals surface area contributed by atoms with Gasteiger partial charge >= 0.3 is 59.2 Å². The second-order valence-electron chi connectivity index (χ2n) is 5.76. The molecule has 2 atom stereocenters. The number of hydrogen-bond donors (Lipinski definition) is 0. The van der Waals surface area contributed by atoms with Crippen LogP contribution in [0.2, 0.25) is 0 Å². The molecule has 0 aromatic rings. The van der Waals surface area contributed by atoms with E-state index in [-0.39, 0.29) is 0 Å². The third-order valence-corrected chi connectivity index (χ3v) is 4.10. The highest BCUT2D eigenvalue weighted by molar-refractivity contribution is 5.36. The first-order chi connectivity index (χ1) is 12.5. The fourth-order valence-corrected chi connectivity index (χ4v) is 2.44. The Balaban J connectivity index is 4.37. The second-order valence-corrected chi connectivity index (χ2v) is 5.76. The van der Waals surface area contributed by atoms with Crippen LogP contribution < -0.4 is 0 Å². The minimum atomic E-state index is -9.16. The average Bonchev–Trinajstić information content (AvgIpc) is 2.48. The Bertz CT molecular complexity index is 637. The third kappa shape index (κ3) is 2.22. The molecule has 1 aliphatic carbocycles. The molecule has 1 fully saturated rings. The number of rotatable bonds is 2. The first-order valence-corrected chi connectivity index (χ1v) is 6.28. The molecule has 0 nitrogen and oxygen atoms in total. The summed E-state index contributed by atoms with van der Waals surface area (Å²) in [6.45, 7) is 0. The molecule has 0 bridgehead atoms. The normalized spacial score (nSPS) is 34.0. The van der Waals surface area contributed by atoms with Gasteiger partial charge in [0.05, 0.1) is 0 Å². The molecule has 20 heteroatoms. The van der Waals surface area contributed by atoms with Crippen LogP contribution in [0.3, 0.4) is 0 Å². The van der Waals surface area contributed by atoms with Gasteiger partial charge in [0.2, 0.25) is 0 Å². The molecule has 30 heavy (non-hydrogen) atoms. The zero-order chi connectivity index (χ0) is 25.0. The second kappa shape index (κ2) is 5.69. The maximum absolute atomic E-state index is 13.9. The fraction of sp³-hybridized carbons (Fsp3) is 1.00. The van der Waals surface area contributed by atoms with Gasteiger partial charge in [0.25, 0.3) is 0 Å². The highest BCUT2D eigenvalue weighted by atomic mass is 19.4. The summed E-state index contributed by atoms with van der Waals surface area (Å²) in [5.41, 5.74) is -18.2. The van der Waals surface area contributed by atoms with Crippen LogP contribution >= 0.6 is 0 Å². The topological polar surface area (TPSA) is 0 Å². The lowest BCUT2D eigenvalue weighted by molar-refractivity contribution is -0.532. The molecule has 1 aliphatic rings. The van der Waals surface area contributed by atoms with E-state index in [0.29, 0.717) is 0 Å². The number of hydrogen-bond acceptors (Lipinski definition) is 0. The maximum atomic E-state index is 13.9. The van der Waals surface area contributed by atoms with Crippen LogP contribution in [0.25, 0.3) is 0 Å². The number of halogens is 20. The lowest BCUT2D eigenvalue weighted by atomic mass is 9.62. The van der Waals surface area contributed by atoms with Crippen molar-refractivity contribution in [3.8, 4) is 0 Å². The summed E-state index contributed by atoms with van der Waals surface area (Å²) in [7, 11) is 0. The van der Waals surface area contributed by atoms with Gasteiger partial charge in [-0.1, -0.05) is 0 Å². The predicted octanol–water partition coefficient (Wildman–Crippen LogP) is 6.35. The zero-order valence-electron chi connectivity index (χ0n) is 12.6. The van der Waals surface area contributed by atoms with Crippen molar-refractivity contribution in [2.24, 2.45) is 0 Å². The van der Waals surface area contributed by atoms with E-state index in [1.165, 1.54) is 0 Å². The van der Waals surface area contributed by atoms with Crippen molar-refractivity contribution in [1.29, 1.82) is 0 Å². The van der Waals surface area contributed by atoms with Crippen LogP contribution in [-0.2, 0) is 0 Å². The van der Waals surface area contributed by atoms with Gasteiger partial charge in [0, 0.05) is 0 Å². The SMILES string of the molecule is FC(F)(F)C(F)(F)[C@@]1(F)C(F)(F)C(F)(F)C(F)(F)[C@](F)(C(F)(F)C(F)(F)F)C1(F)F. The zero-order valence-corrected chi connectivity index (χ0v) is 12.6. The Hall–Kier alpha value is -1.40. The highest BCUT2D eigenvalue weighted by Crippen LogP contribution is 2.76. The van der Waals surface area contributed by atoms with E-state index < -0.39 is 59.2 Å². The largest absolute Gasteiger partial charge is 0.457 e. The Morgan fingerprint density at radius 1 is 0.300 bits per heavy atom. The molecule has 1 rings (SSSR count). The van der Waals surface area contributed by atoms with Gasteiger partial charge < -0.3 is 0 Å². The minimum Gasteiger partial charge on any atom is -0.223 e. The highest BCUT2D eigenvalue weighted by Gasteiger charge is 3.10. The summed E-state index contributed by atoms with van der Waals surface area (Å²) < 4.78 is 260. The van der Waals surface area contributed by atoms with Crippen molar-refractivity contribution in [3.63, 3.8) is 0 Å². The fourth-order valence-electron chi connectivity index (χ4n) is 2.44. The van der Waals surface area contributed by atoms with Gasteiger partial charge in [0.1, 0.15) is 0 Å². The molecule has 0 heterocycles. The first kappa shape index (κ1) is 26.6. The summed E-state index contributed by atoms with van der Waals surface area (Å²) in [5, 5.41) is 0. The Labute approximate surface area is 148 Å². The van der Waals surface area contributed by atoms with Crippen molar-refractivity contribution >= 4 is 0 Å². The molecule has 0 unspecified atom stereocenters. The van der Waals surface area contributed by atoms with Crippen molar-refractivity contribution in [1.82, 2.24) is 0 Å². The molecule has 0 aromatic carbocycles. The molecule has 180 valence electrons. The lowest BCUT2D eigenvalue weighted by Gasteiger charge is -2.57. The third-order valence-electron chi connectivity index (χ3n) is 4.10. The van der Waals surface area contributed by atoms with Crippen molar-refractivity contribution in [2.45, 2.75) is 59.2 Å². The van der Waals surface area contributed by atoms with Crippen LogP contribution in [0.1, 0.15) is 0 Å². The molecule has 1 saturated carbocycles. The predicted molar refractivity (Wildman–Crippen MR) is 49.5 cm³/mol. The Kier molecular flexibility index (Phi) is 5.05. The van der Waals surface area contributed by atoms with E-state index in [0.717, 1.165) is 0 Å². The van der Waals surface area contributed by atoms with Gasteiger partial charge in [-0.25, -0.2) is 8.78 Å². The van der Waals surface area contributed by atoms with Crippen LogP contribution in [0, 0.1) is 0 Å². The van der Waals surface area contributed by atoms with Gasteiger partial charge in [0.15, 0.2) is 0 Å².